The normalized spacial score (nSPS) is 10.9. The Hall–Kier alpha value is -2.32. The van der Waals surface area contributed by atoms with Crippen molar-refractivity contribution in [3.05, 3.63) is 45.3 Å². The second kappa shape index (κ2) is 3.59. The highest BCUT2D eigenvalue weighted by Gasteiger charge is 2.11. The molecule has 5 nitrogen and oxygen atoms in total. The van der Waals surface area contributed by atoms with Crippen LogP contribution in [0.4, 0.5) is 0 Å². The predicted molar refractivity (Wildman–Crippen MR) is 67.7 cm³/mol. The zero-order valence-electron chi connectivity index (χ0n) is 9.38. The molecule has 0 aliphatic carbocycles. The Labute approximate surface area is 106 Å². The zero-order chi connectivity index (χ0) is 12.9. The largest absolute Gasteiger partial charge is 0.328 e. The standard InChI is InChI=1S/C12H7ClN4O/c1-16-10-3-2-7(13)4-9(10)12(18)17-11(16)5-8(6-14)15-17/h2-5H,1H3. The Kier molecular flexibility index (Phi) is 2.15. The molecule has 0 aliphatic heterocycles. The van der Waals surface area contributed by atoms with Gasteiger partial charge in [0.05, 0.1) is 10.9 Å². The van der Waals surface area contributed by atoms with Gasteiger partial charge in [-0.25, -0.2) is 0 Å². The van der Waals surface area contributed by atoms with Gasteiger partial charge in [-0.3, -0.25) is 4.79 Å². The molecule has 3 aromatic rings. The summed E-state index contributed by atoms with van der Waals surface area (Å²) in [6.45, 7) is 0. The number of halogens is 1. The third kappa shape index (κ3) is 1.33. The van der Waals surface area contributed by atoms with E-state index in [4.69, 9.17) is 16.9 Å². The zero-order valence-corrected chi connectivity index (χ0v) is 10.1. The first-order chi connectivity index (χ1) is 8.61. The minimum absolute atomic E-state index is 0.212. The molecule has 0 N–H and O–H groups in total. The smallest absolute Gasteiger partial charge is 0.282 e. The number of benzene rings is 1. The number of fused-ring (bicyclic) bond motifs is 2. The van der Waals surface area contributed by atoms with E-state index in [0.717, 1.165) is 5.52 Å². The van der Waals surface area contributed by atoms with Crippen LogP contribution in [0.3, 0.4) is 0 Å². The van der Waals surface area contributed by atoms with Crippen LogP contribution in [0.5, 0.6) is 0 Å². The van der Waals surface area contributed by atoms with E-state index in [1.54, 1.807) is 28.8 Å². The number of aromatic nitrogens is 3. The van der Waals surface area contributed by atoms with Crippen molar-refractivity contribution in [3.63, 3.8) is 0 Å². The lowest BCUT2D eigenvalue weighted by Gasteiger charge is -2.07. The number of hydrogen-bond donors (Lipinski definition) is 0. The lowest BCUT2D eigenvalue weighted by Crippen LogP contribution is -2.18. The van der Waals surface area contributed by atoms with E-state index >= 15 is 0 Å². The molecule has 0 aliphatic rings. The molecule has 0 bridgehead atoms. The average Bonchev–Trinajstić information content (AvgIpc) is 2.80. The lowest BCUT2D eigenvalue weighted by molar-refractivity contribution is 0.853. The third-order valence-corrected chi connectivity index (χ3v) is 3.13. The number of nitriles is 1. The van der Waals surface area contributed by atoms with Crippen LogP contribution in [0.1, 0.15) is 5.69 Å². The molecule has 0 fully saturated rings. The first kappa shape index (κ1) is 10.8. The Bertz CT molecular complexity index is 885. The van der Waals surface area contributed by atoms with Gasteiger partial charge in [0, 0.05) is 18.1 Å². The first-order valence-electron chi connectivity index (χ1n) is 5.20. The van der Waals surface area contributed by atoms with Gasteiger partial charge < -0.3 is 4.57 Å². The molecule has 6 heteroatoms. The van der Waals surface area contributed by atoms with Crippen LogP contribution in [0.15, 0.2) is 29.1 Å². The first-order valence-corrected chi connectivity index (χ1v) is 5.58. The molecule has 0 atom stereocenters. The fraction of sp³-hybridized carbons (Fsp3) is 0.0833. The van der Waals surface area contributed by atoms with Gasteiger partial charge in [0.15, 0.2) is 5.69 Å². The van der Waals surface area contributed by atoms with Gasteiger partial charge in [-0.2, -0.15) is 14.9 Å². The summed E-state index contributed by atoms with van der Waals surface area (Å²) in [5.41, 5.74) is 1.26. The van der Waals surface area contributed by atoms with E-state index in [9.17, 15) is 4.79 Å². The maximum Gasteiger partial charge on any atom is 0.282 e. The van der Waals surface area contributed by atoms with Gasteiger partial charge in [-0.05, 0) is 18.2 Å². The number of rotatable bonds is 0. The maximum absolute atomic E-state index is 12.2. The summed E-state index contributed by atoms with van der Waals surface area (Å²) in [6.07, 6.45) is 0. The molecule has 18 heavy (non-hydrogen) atoms. The Balaban J connectivity index is 2.63. The summed E-state index contributed by atoms with van der Waals surface area (Å²) >= 11 is 5.90. The van der Waals surface area contributed by atoms with Gasteiger partial charge in [-0.15, -0.1) is 0 Å². The number of aryl methyl sites for hydroxylation is 1. The van der Waals surface area contributed by atoms with Gasteiger partial charge in [0.2, 0.25) is 0 Å². The molecule has 0 saturated heterocycles. The quantitative estimate of drug-likeness (QED) is 0.617. The summed E-state index contributed by atoms with van der Waals surface area (Å²) in [6, 6.07) is 8.61. The van der Waals surface area contributed by atoms with Crippen LogP contribution in [0.2, 0.25) is 5.02 Å². The summed E-state index contributed by atoms with van der Waals surface area (Å²) in [5, 5.41) is 13.8. The summed E-state index contributed by atoms with van der Waals surface area (Å²) < 4.78 is 3.03. The fourth-order valence-corrected chi connectivity index (χ4v) is 2.20. The van der Waals surface area contributed by atoms with Crippen molar-refractivity contribution in [2.45, 2.75) is 0 Å². The van der Waals surface area contributed by atoms with E-state index in [-0.39, 0.29) is 11.3 Å². The second-order valence-corrected chi connectivity index (χ2v) is 4.37. The van der Waals surface area contributed by atoms with E-state index in [1.165, 1.54) is 4.52 Å². The topological polar surface area (TPSA) is 63.1 Å². The minimum atomic E-state index is -0.276. The summed E-state index contributed by atoms with van der Waals surface area (Å²) in [4.78, 5) is 12.2. The molecular weight excluding hydrogens is 252 g/mol. The van der Waals surface area contributed by atoms with Gasteiger partial charge in [-0.1, -0.05) is 11.6 Å². The Morgan fingerprint density at radius 1 is 1.39 bits per heavy atom. The summed E-state index contributed by atoms with van der Waals surface area (Å²) in [7, 11) is 1.81. The fourth-order valence-electron chi connectivity index (χ4n) is 2.02. The van der Waals surface area contributed by atoms with E-state index in [1.807, 2.05) is 13.1 Å². The molecule has 0 spiro atoms. The monoisotopic (exact) mass is 258 g/mol. The Morgan fingerprint density at radius 2 is 2.17 bits per heavy atom. The lowest BCUT2D eigenvalue weighted by atomic mass is 10.2. The van der Waals surface area contributed by atoms with Crippen LogP contribution >= 0.6 is 11.6 Å². The molecule has 0 amide bonds. The Morgan fingerprint density at radius 3 is 2.89 bits per heavy atom. The van der Waals surface area contributed by atoms with Gasteiger partial charge in [0.1, 0.15) is 11.7 Å². The molecule has 0 radical (unpaired) electrons. The van der Waals surface area contributed by atoms with E-state index in [0.29, 0.717) is 16.1 Å². The molecule has 3 rings (SSSR count). The molecular formula is C12H7ClN4O. The third-order valence-electron chi connectivity index (χ3n) is 2.89. The molecule has 1 aromatic carbocycles. The van der Waals surface area contributed by atoms with Crippen LogP contribution < -0.4 is 5.56 Å². The molecule has 2 aromatic heterocycles. The van der Waals surface area contributed by atoms with Gasteiger partial charge >= 0.3 is 0 Å². The van der Waals surface area contributed by atoms with E-state index < -0.39 is 0 Å². The highest BCUT2D eigenvalue weighted by Crippen LogP contribution is 2.18. The molecule has 2 heterocycles. The second-order valence-electron chi connectivity index (χ2n) is 3.94. The van der Waals surface area contributed by atoms with Crippen molar-refractivity contribution in [1.29, 1.82) is 5.26 Å². The molecule has 0 saturated carbocycles. The van der Waals surface area contributed by atoms with Crippen LogP contribution in [0, 0.1) is 11.3 Å². The van der Waals surface area contributed by atoms with Crippen molar-refractivity contribution >= 4 is 28.2 Å². The van der Waals surface area contributed by atoms with Crippen molar-refractivity contribution in [2.75, 3.05) is 0 Å². The van der Waals surface area contributed by atoms with Crippen molar-refractivity contribution in [2.24, 2.45) is 7.05 Å². The number of nitrogens with zero attached hydrogens (tertiary/aromatic N) is 4. The molecule has 88 valence electrons. The number of hydrogen-bond acceptors (Lipinski definition) is 3. The predicted octanol–water partition coefficient (Wildman–Crippen LogP) is 1.71. The van der Waals surface area contributed by atoms with Gasteiger partial charge in [0.25, 0.3) is 5.56 Å². The van der Waals surface area contributed by atoms with Crippen LogP contribution in [-0.2, 0) is 7.05 Å². The van der Waals surface area contributed by atoms with E-state index in [2.05, 4.69) is 5.10 Å². The van der Waals surface area contributed by atoms with Crippen LogP contribution in [0.25, 0.3) is 16.6 Å². The highest BCUT2D eigenvalue weighted by atomic mass is 35.5. The van der Waals surface area contributed by atoms with Crippen molar-refractivity contribution < 1.29 is 0 Å². The van der Waals surface area contributed by atoms with Crippen LogP contribution in [-0.4, -0.2) is 14.2 Å². The summed E-state index contributed by atoms with van der Waals surface area (Å²) in [5.74, 6) is 0. The maximum atomic E-state index is 12.2. The average molecular weight is 259 g/mol. The van der Waals surface area contributed by atoms with Crippen molar-refractivity contribution in [1.82, 2.24) is 14.2 Å². The highest BCUT2D eigenvalue weighted by molar-refractivity contribution is 6.31. The van der Waals surface area contributed by atoms with Crippen molar-refractivity contribution in [3.8, 4) is 6.07 Å². The molecule has 0 unspecified atom stereocenters. The SMILES string of the molecule is Cn1c2ccc(Cl)cc2c(=O)n2nc(C#N)cc12. The minimum Gasteiger partial charge on any atom is -0.328 e.